The quantitative estimate of drug-likeness (QED) is 0.388. The number of hydrogen-bond acceptors (Lipinski definition) is 4. The molecule has 0 saturated heterocycles. The van der Waals surface area contributed by atoms with Crippen LogP contribution in [-0.4, -0.2) is 41.2 Å². The third-order valence-corrected chi connectivity index (χ3v) is 1.58. The predicted octanol–water partition coefficient (Wildman–Crippen LogP) is -0.757. The fourth-order valence-electron chi connectivity index (χ4n) is 0.839. The number of nitrogens with one attached hydrogen (secondary N) is 1. The van der Waals surface area contributed by atoms with Crippen LogP contribution in [0.25, 0.3) is 0 Å². The molecule has 0 bridgehead atoms. The minimum Gasteiger partial charge on any atom is -0.480 e. The van der Waals surface area contributed by atoms with Gasteiger partial charge in [0.1, 0.15) is 6.04 Å². The summed E-state index contributed by atoms with van der Waals surface area (Å²) in [6.07, 6.45) is 1.25. The van der Waals surface area contributed by atoms with Crippen LogP contribution in [0, 0.1) is 0 Å². The van der Waals surface area contributed by atoms with Gasteiger partial charge in [-0.2, -0.15) is 0 Å². The molecule has 0 aromatic carbocycles. The summed E-state index contributed by atoms with van der Waals surface area (Å²) < 4.78 is 14.0. The van der Waals surface area contributed by atoms with Crippen LogP contribution in [0.15, 0.2) is 0 Å². The molecule has 82 valence electrons. The molecule has 0 spiro atoms. The predicted molar refractivity (Wildman–Crippen MR) is 50.0 cm³/mol. The molecule has 14 heavy (non-hydrogen) atoms. The summed E-state index contributed by atoms with van der Waals surface area (Å²) in [6.45, 7) is -2.29. The van der Waals surface area contributed by atoms with Crippen molar-refractivity contribution >= 4 is 11.9 Å². The summed E-state index contributed by atoms with van der Waals surface area (Å²) in [6, 6.07) is -0.920. The fourth-order valence-corrected chi connectivity index (χ4v) is 0.839. The second-order valence-electron chi connectivity index (χ2n) is 2.80. The van der Waals surface area contributed by atoms with Crippen LogP contribution in [0.3, 0.4) is 0 Å². The molecular weight excluding hydrogens is 188 g/mol. The summed E-state index contributed by atoms with van der Waals surface area (Å²) in [5.74, 6) is -2.65. The van der Waals surface area contributed by atoms with Crippen molar-refractivity contribution in [3.8, 4) is 0 Å². The molecule has 0 amide bonds. The van der Waals surface area contributed by atoms with E-state index in [-0.39, 0.29) is 13.0 Å². The number of carboxylic acid groups (broad SMARTS) is 2. The minimum atomic E-state index is -2.45. The summed E-state index contributed by atoms with van der Waals surface area (Å²) >= 11 is 0. The minimum absolute atomic E-state index is 0.158. The second-order valence-corrected chi connectivity index (χ2v) is 2.80. The summed E-state index contributed by atoms with van der Waals surface area (Å²) in [4.78, 5) is 20.7. The van der Waals surface area contributed by atoms with E-state index in [4.69, 9.17) is 18.7 Å². The molecule has 0 aliphatic heterocycles. The fraction of sp³-hybridized carbons (Fsp3) is 0.750. The number of aliphatic carboxylic acids is 2. The molecule has 0 aromatic heterocycles. The first-order chi connectivity index (χ1) is 7.27. The van der Waals surface area contributed by atoms with Gasteiger partial charge in [0, 0.05) is 0 Å². The molecule has 6 nitrogen and oxygen atoms in total. The molecule has 0 radical (unpaired) electrons. The lowest BCUT2D eigenvalue weighted by Crippen LogP contribution is -2.30. The Kier molecular flexibility index (Phi) is 4.90. The molecule has 6 heteroatoms. The van der Waals surface area contributed by atoms with Crippen LogP contribution < -0.4 is 11.1 Å². The number of unbranched alkanes of at least 4 members (excludes halogenated alkanes) is 1. The molecule has 0 aliphatic carbocycles. The van der Waals surface area contributed by atoms with Crippen LogP contribution >= 0.6 is 0 Å². The van der Waals surface area contributed by atoms with Crippen molar-refractivity contribution in [3.63, 3.8) is 0 Å². The standard InChI is InChI=1S/C8H16N2O4/c9-6(8(13)14)3-1-2-4-10-5-7(11)12/h6,10H,1-5,9H2,(H,11,12)(H,13,14)/t6-/m0/s1/i5D2. The van der Waals surface area contributed by atoms with E-state index in [1.165, 1.54) is 0 Å². The van der Waals surface area contributed by atoms with E-state index in [0.717, 1.165) is 0 Å². The topological polar surface area (TPSA) is 113 Å². The highest BCUT2D eigenvalue weighted by atomic mass is 16.4. The van der Waals surface area contributed by atoms with Gasteiger partial charge >= 0.3 is 11.9 Å². The number of carbonyl (C=O) groups is 2. The van der Waals surface area contributed by atoms with E-state index in [1.807, 2.05) is 0 Å². The molecule has 0 rings (SSSR count). The van der Waals surface area contributed by atoms with E-state index in [2.05, 4.69) is 5.32 Å². The van der Waals surface area contributed by atoms with Gasteiger partial charge in [0.25, 0.3) is 0 Å². The first kappa shape index (κ1) is 9.42. The van der Waals surface area contributed by atoms with Gasteiger partial charge in [-0.15, -0.1) is 0 Å². The lowest BCUT2D eigenvalue weighted by Gasteiger charge is -2.05. The Morgan fingerprint density at radius 3 is 2.57 bits per heavy atom. The van der Waals surface area contributed by atoms with Gasteiger partial charge in [0.2, 0.25) is 0 Å². The van der Waals surface area contributed by atoms with Crippen molar-refractivity contribution in [2.24, 2.45) is 5.73 Å². The zero-order chi connectivity index (χ0) is 12.8. The monoisotopic (exact) mass is 206 g/mol. The summed E-state index contributed by atoms with van der Waals surface area (Å²) in [5.41, 5.74) is 5.24. The van der Waals surface area contributed by atoms with Gasteiger partial charge < -0.3 is 21.3 Å². The van der Waals surface area contributed by atoms with Crippen LogP contribution in [0.4, 0.5) is 0 Å². The molecule has 5 N–H and O–H groups in total. The Balaban J connectivity index is 3.62. The van der Waals surface area contributed by atoms with Crippen molar-refractivity contribution in [3.05, 3.63) is 0 Å². The zero-order valence-electron chi connectivity index (χ0n) is 9.69. The van der Waals surface area contributed by atoms with E-state index in [0.29, 0.717) is 12.8 Å². The van der Waals surface area contributed by atoms with Crippen molar-refractivity contribution in [1.82, 2.24) is 5.32 Å². The molecule has 0 fully saturated rings. The first-order valence-corrected chi connectivity index (χ1v) is 4.24. The number of hydrogen-bond donors (Lipinski definition) is 4. The Labute approximate surface area is 84.9 Å². The highest BCUT2D eigenvalue weighted by Crippen LogP contribution is 1.97. The normalized spacial score (nSPS) is 15.5. The molecule has 1 atom stereocenters. The highest BCUT2D eigenvalue weighted by Gasteiger charge is 2.09. The molecule has 0 aromatic rings. The Bertz CT molecular complexity index is 260. The molecule has 0 aliphatic rings. The molecule has 0 saturated carbocycles. The number of carboxylic acids is 2. The summed E-state index contributed by atoms with van der Waals surface area (Å²) in [7, 11) is 0. The van der Waals surface area contributed by atoms with Gasteiger partial charge in [0.15, 0.2) is 0 Å². The first-order valence-electron chi connectivity index (χ1n) is 5.24. The van der Waals surface area contributed by atoms with Crippen LogP contribution in [0.5, 0.6) is 0 Å². The number of nitrogens with two attached hydrogens (primary N) is 1. The third-order valence-electron chi connectivity index (χ3n) is 1.58. The maximum Gasteiger partial charge on any atom is 0.320 e. The summed E-state index contributed by atoms with van der Waals surface area (Å²) in [5, 5.41) is 19.1. The van der Waals surface area contributed by atoms with Gasteiger partial charge in [-0.3, -0.25) is 9.59 Å². The Hall–Kier alpha value is -1.14. The van der Waals surface area contributed by atoms with Crippen LogP contribution in [0.2, 0.25) is 0 Å². The van der Waals surface area contributed by atoms with Gasteiger partial charge in [-0.1, -0.05) is 6.42 Å². The average molecular weight is 206 g/mol. The Morgan fingerprint density at radius 1 is 1.43 bits per heavy atom. The van der Waals surface area contributed by atoms with Crippen LogP contribution in [-0.2, 0) is 9.59 Å². The lowest BCUT2D eigenvalue weighted by atomic mass is 10.1. The highest BCUT2D eigenvalue weighted by molar-refractivity contribution is 5.72. The number of rotatable bonds is 8. The maximum atomic E-state index is 10.3. The van der Waals surface area contributed by atoms with E-state index in [9.17, 15) is 9.59 Å². The molecule has 0 heterocycles. The van der Waals surface area contributed by atoms with Crippen molar-refractivity contribution in [1.29, 1.82) is 0 Å². The third kappa shape index (κ3) is 7.51. The van der Waals surface area contributed by atoms with Crippen molar-refractivity contribution < 1.29 is 22.5 Å². The largest absolute Gasteiger partial charge is 0.480 e. The smallest absolute Gasteiger partial charge is 0.320 e. The Morgan fingerprint density at radius 2 is 2.07 bits per heavy atom. The van der Waals surface area contributed by atoms with E-state index in [1.54, 1.807) is 0 Å². The van der Waals surface area contributed by atoms with Crippen molar-refractivity contribution in [2.75, 3.05) is 13.0 Å². The second kappa shape index (κ2) is 7.28. The maximum absolute atomic E-state index is 10.3. The van der Waals surface area contributed by atoms with Gasteiger partial charge in [-0.25, -0.2) is 0 Å². The van der Waals surface area contributed by atoms with Crippen LogP contribution in [0.1, 0.15) is 22.0 Å². The SMILES string of the molecule is [2H]C([2H])(NCCCC[C@H](N)C(=O)O)C(=O)O. The lowest BCUT2D eigenvalue weighted by molar-refractivity contribution is -0.138. The van der Waals surface area contributed by atoms with E-state index < -0.39 is 24.5 Å². The van der Waals surface area contributed by atoms with Crippen molar-refractivity contribution in [2.45, 2.75) is 25.3 Å². The average Bonchev–Trinajstić information content (AvgIpc) is 2.16. The van der Waals surface area contributed by atoms with Gasteiger partial charge in [-0.05, 0) is 19.4 Å². The zero-order valence-corrected chi connectivity index (χ0v) is 7.69. The van der Waals surface area contributed by atoms with Gasteiger partial charge in [0.05, 0.1) is 9.24 Å². The molecule has 0 unspecified atom stereocenters. The van der Waals surface area contributed by atoms with E-state index >= 15 is 0 Å². The molecular formula is C8H16N2O4.